The third-order valence-corrected chi connectivity index (χ3v) is 5.26. The molecule has 1 aliphatic heterocycles. The molecular formula is C23H28ClN5O2. The summed E-state index contributed by atoms with van der Waals surface area (Å²) in [5, 5.41) is 9.97. The Labute approximate surface area is 187 Å². The quantitative estimate of drug-likeness (QED) is 0.332. The highest BCUT2D eigenvalue weighted by Crippen LogP contribution is 2.21. The second-order valence-electron chi connectivity index (χ2n) is 7.33. The van der Waals surface area contributed by atoms with Gasteiger partial charge in [0.2, 0.25) is 11.8 Å². The molecule has 3 N–H and O–H groups in total. The summed E-state index contributed by atoms with van der Waals surface area (Å²) in [4.78, 5) is 29.9. The smallest absolute Gasteiger partial charge is 0.227 e. The zero-order valence-electron chi connectivity index (χ0n) is 17.7. The summed E-state index contributed by atoms with van der Waals surface area (Å²) in [7, 11) is 1.71. The number of nitrogens with zero attached hydrogens (tertiary/aromatic N) is 2. The van der Waals surface area contributed by atoms with Gasteiger partial charge < -0.3 is 20.9 Å². The van der Waals surface area contributed by atoms with Gasteiger partial charge in [0.25, 0.3) is 0 Å². The Hall–Kier alpha value is -3.06. The molecule has 3 rings (SSSR count). The number of halogens is 1. The molecule has 0 aromatic heterocycles. The highest BCUT2D eigenvalue weighted by molar-refractivity contribution is 6.30. The summed E-state index contributed by atoms with van der Waals surface area (Å²) in [6.45, 7) is 2.04. The fourth-order valence-corrected chi connectivity index (χ4v) is 3.46. The minimum Gasteiger partial charge on any atom is -0.356 e. The van der Waals surface area contributed by atoms with Crippen LogP contribution in [0.4, 0.5) is 11.4 Å². The first-order valence-electron chi connectivity index (χ1n) is 10.4. The Kier molecular flexibility index (Phi) is 8.29. The average molecular weight is 442 g/mol. The third-order valence-electron chi connectivity index (χ3n) is 5.01. The summed E-state index contributed by atoms with van der Waals surface area (Å²) in [6.07, 6.45) is 2.64. The van der Waals surface area contributed by atoms with Crippen molar-refractivity contribution >= 4 is 40.7 Å². The zero-order chi connectivity index (χ0) is 22.1. The van der Waals surface area contributed by atoms with E-state index >= 15 is 0 Å². The molecule has 1 aliphatic rings. The van der Waals surface area contributed by atoms with Crippen LogP contribution in [0.15, 0.2) is 53.5 Å². The van der Waals surface area contributed by atoms with E-state index in [0.29, 0.717) is 43.3 Å². The predicted octanol–water partition coefficient (Wildman–Crippen LogP) is 3.55. The standard InChI is InChI=1S/C23H28ClN5O2/c1-25-23(26-14-2-4-21(30)28-19-10-8-18(24)9-11-19)27-16-17-6-12-20(13-7-17)29-15-3-5-22(29)31/h6-13H,2-5,14-16H2,1H3,(H,28,30)(H2,25,26,27). The highest BCUT2D eigenvalue weighted by atomic mass is 35.5. The van der Waals surface area contributed by atoms with Gasteiger partial charge in [0.15, 0.2) is 5.96 Å². The van der Waals surface area contributed by atoms with Crippen LogP contribution in [0, 0.1) is 0 Å². The van der Waals surface area contributed by atoms with Crippen molar-refractivity contribution in [1.29, 1.82) is 0 Å². The van der Waals surface area contributed by atoms with Gasteiger partial charge in [0, 0.05) is 55.9 Å². The molecule has 2 aromatic rings. The summed E-state index contributed by atoms with van der Waals surface area (Å²) in [5.41, 5.74) is 2.78. The van der Waals surface area contributed by atoms with Crippen LogP contribution in [0.5, 0.6) is 0 Å². The molecule has 164 valence electrons. The SMILES string of the molecule is CN=C(NCCCC(=O)Nc1ccc(Cl)cc1)NCc1ccc(N2CCCC2=O)cc1. The van der Waals surface area contributed by atoms with Gasteiger partial charge in [-0.2, -0.15) is 0 Å². The molecule has 1 heterocycles. The van der Waals surface area contributed by atoms with E-state index in [1.54, 1.807) is 31.3 Å². The lowest BCUT2D eigenvalue weighted by Crippen LogP contribution is -2.37. The molecule has 8 heteroatoms. The van der Waals surface area contributed by atoms with Gasteiger partial charge in [-0.25, -0.2) is 0 Å². The monoisotopic (exact) mass is 441 g/mol. The summed E-state index contributed by atoms with van der Waals surface area (Å²) in [6, 6.07) is 15.0. The second-order valence-corrected chi connectivity index (χ2v) is 7.76. The van der Waals surface area contributed by atoms with Gasteiger partial charge in [-0.1, -0.05) is 23.7 Å². The predicted molar refractivity (Wildman–Crippen MR) is 126 cm³/mol. The number of rotatable bonds is 8. The lowest BCUT2D eigenvalue weighted by Gasteiger charge is -2.16. The zero-order valence-corrected chi connectivity index (χ0v) is 18.4. The van der Waals surface area contributed by atoms with E-state index in [-0.39, 0.29) is 11.8 Å². The van der Waals surface area contributed by atoms with Gasteiger partial charge in [-0.15, -0.1) is 0 Å². The molecule has 7 nitrogen and oxygen atoms in total. The molecule has 2 aromatic carbocycles. The highest BCUT2D eigenvalue weighted by Gasteiger charge is 2.21. The fourth-order valence-electron chi connectivity index (χ4n) is 3.33. The van der Waals surface area contributed by atoms with Gasteiger partial charge >= 0.3 is 0 Å². The van der Waals surface area contributed by atoms with E-state index in [0.717, 1.165) is 29.9 Å². The Morgan fingerprint density at radius 3 is 2.48 bits per heavy atom. The maximum atomic E-state index is 12.0. The molecule has 1 fully saturated rings. The molecule has 0 aliphatic carbocycles. The molecule has 31 heavy (non-hydrogen) atoms. The lowest BCUT2D eigenvalue weighted by molar-refractivity contribution is -0.117. The average Bonchev–Trinajstić information content (AvgIpc) is 3.21. The van der Waals surface area contributed by atoms with Crippen molar-refractivity contribution < 1.29 is 9.59 Å². The molecule has 0 saturated carbocycles. The van der Waals surface area contributed by atoms with Crippen molar-refractivity contribution in [2.75, 3.05) is 30.4 Å². The minimum absolute atomic E-state index is 0.0383. The van der Waals surface area contributed by atoms with E-state index < -0.39 is 0 Å². The number of benzene rings is 2. The lowest BCUT2D eigenvalue weighted by atomic mass is 10.2. The molecule has 0 bridgehead atoms. The Bertz CT molecular complexity index is 913. The number of anilines is 2. The van der Waals surface area contributed by atoms with Gasteiger partial charge in [0.1, 0.15) is 0 Å². The fraction of sp³-hybridized carbons (Fsp3) is 0.348. The first-order chi connectivity index (χ1) is 15.0. The van der Waals surface area contributed by atoms with E-state index in [1.165, 1.54) is 0 Å². The van der Waals surface area contributed by atoms with Crippen LogP contribution in [-0.4, -0.2) is 37.9 Å². The van der Waals surface area contributed by atoms with Crippen LogP contribution >= 0.6 is 11.6 Å². The second kappa shape index (κ2) is 11.4. The van der Waals surface area contributed by atoms with Crippen molar-refractivity contribution in [3.63, 3.8) is 0 Å². The molecule has 1 saturated heterocycles. The summed E-state index contributed by atoms with van der Waals surface area (Å²) in [5.74, 6) is 0.831. The van der Waals surface area contributed by atoms with Crippen LogP contribution in [-0.2, 0) is 16.1 Å². The van der Waals surface area contributed by atoms with Crippen LogP contribution in [0.25, 0.3) is 0 Å². The molecule has 0 radical (unpaired) electrons. The maximum Gasteiger partial charge on any atom is 0.227 e. The van der Waals surface area contributed by atoms with E-state index in [9.17, 15) is 9.59 Å². The Balaban J connectivity index is 1.35. The molecule has 0 unspecified atom stereocenters. The topological polar surface area (TPSA) is 85.8 Å². The van der Waals surface area contributed by atoms with Crippen molar-refractivity contribution in [3.05, 3.63) is 59.1 Å². The van der Waals surface area contributed by atoms with Crippen molar-refractivity contribution in [2.24, 2.45) is 4.99 Å². The number of carbonyl (C=O) groups excluding carboxylic acids is 2. The van der Waals surface area contributed by atoms with Gasteiger partial charge in [-0.3, -0.25) is 14.6 Å². The number of guanidine groups is 1. The molecule has 2 amide bonds. The minimum atomic E-state index is -0.0383. The van der Waals surface area contributed by atoms with Gasteiger partial charge in [-0.05, 0) is 54.8 Å². The normalized spacial score (nSPS) is 13.9. The van der Waals surface area contributed by atoms with Crippen LogP contribution in [0.1, 0.15) is 31.2 Å². The number of nitrogens with one attached hydrogen (secondary N) is 3. The van der Waals surface area contributed by atoms with Crippen LogP contribution < -0.4 is 20.9 Å². The molecular weight excluding hydrogens is 414 g/mol. The number of hydrogen-bond donors (Lipinski definition) is 3. The Morgan fingerprint density at radius 2 is 1.84 bits per heavy atom. The first kappa shape index (κ1) is 22.6. The largest absolute Gasteiger partial charge is 0.356 e. The number of hydrogen-bond acceptors (Lipinski definition) is 3. The van der Waals surface area contributed by atoms with Crippen LogP contribution in [0.2, 0.25) is 5.02 Å². The third kappa shape index (κ3) is 7.00. The molecule has 0 atom stereocenters. The van der Waals surface area contributed by atoms with Crippen molar-refractivity contribution in [3.8, 4) is 0 Å². The van der Waals surface area contributed by atoms with Gasteiger partial charge in [0.05, 0.1) is 0 Å². The Morgan fingerprint density at radius 1 is 1.10 bits per heavy atom. The number of carbonyl (C=O) groups is 2. The van der Waals surface area contributed by atoms with Crippen LogP contribution in [0.3, 0.4) is 0 Å². The number of aliphatic imine (C=N–C) groups is 1. The summed E-state index contributed by atoms with van der Waals surface area (Å²) < 4.78 is 0. The first-order valence-corrected chi connectivity index (χ1v) is 10.8. The molecule has 0 spiro atoms. The van der Waals surface area contributed by atoms with Crippen molar-refractivity contribution in [1.82, 2.24) is 10.6 Å². The number of amides is 2. The van der Waals surface area contributed by atoms with E-state index in [4.69, 9.17) is 11.6 Å². The van der Waals surface area contributed by atoms with Crippen molar-refractivity contribution in [2.45, 2.75) is 32.2 Å². The maximum absolute atomic E-state index is 12.0. The van der Waals surface area contributed by atoms with E-state index in [2.05, 4.69) is 20.9 Å². The van der Waals surface area contributed by atoms with E-state index in [1.807, 2.05) is 29.2 Å². The summed E-state index contributed by atoms with van der Waals surface area (Å²) >= 11 is 5.85.